The zero-order chi connectivity index (χ0) is 20.9. The van der Waals surface area contributed by atoms with E-state index >= 15 is 0 Å². The summed E-state index contributed by atoms with van der Waals surface area (Å²) in [5, 5.41) is 0. The number of amides is 1. The number of carbonyl (C=O) groups is 1. The second-order valence-corrected chi connectivity index (χ2v) is 7.78. The maximum atomic E-state index is 13.3. The lowest BCUT2D eigenvalue weighted by Gasteiger charge is -2.33. The number of carbonyl (C=O) groups excluding carboxylic acids is 1. The molecule has 4 rings (SSSR count). The molecule has 0 N–H and O–H groups in total. The van der Waals surface area contributed by atoms with Crippen molar-refractivity contribution < 1.29 is 13.9 Å². The van der Waals surface area contributed by atoms with E-state index in [9.17, 15) is 9.18 Å². The summed E-state index contributed by atoms with van der Waals surface area (Å²) in [6, 6.07) is 13.8. The van der Waals surface area contributed by atoms with Gasteiger partial charge in [0.15, 0.2) is 0 Å². The van der Waals surface area contributed by atoms with Gasteiger partial charge in [0.1, 0.15) is 17.4 Å². The summed E-state index contributed by atoms with van der Waals surface area (Å²) in [5.41, 5.74) is 1.74. The molecule has 30 heavy (non-hydrogen) atoms. The van der Waals surface area contributed by atoms with Gasteiger partial charge in [-0.3, -0.25) is 4.79 Å². The zero-order valence-electron chi connectivity index (χ0n) is 17.1. The molecule has 5 nitrogen and oxygen atoms in total. The van der Waals surface area contributed by atoms with Crippen molar-refractivity contribution in [2.24, 2.45) is 5.92 Å². The van der Waals surface area contributed by atoms with Crippen LogP contribution in [0.25, 0.3) is 0 Å². The third kappa shape index (κ3) is 4.70. The lowest BCUT2D eigenvalue weighted by atomic mass is 9.97. The van der Waals surface area contributed by atoms with Crippen molar-refractivity contribution in [1.29, 1.82) is 0 Å². The molecule has 0 aliphatic carbocycles. The summed E-state index contributed by atoms with van der Waals surface area (Å²) >= 11 is 0. The molecule has 1 aliphatic heterocycles. The largest absolute Gasteiger partial charge is 0.493 e. The van der Waals surface area contributed by atoms with Gasteiger partial charge in [-0.2, -0.15) is 0 Å². The number of benzene rings is 2. The molecule has 1 atom stereocenters. The number of nitrogens with zero attached hydrogens (tertiary/aromatic N) is 3. The molecule has 1 saturated heterocycles. The normalized spacial score (nSPS) is 16.5. The number of likely N-dealkylation sites (tertiary alicyclic amines) is 1. The van der Waals surface area contributed by atoms with Gasteiger partial charge in [0, 0.05) is 43.5 Å². The zero-order valence-corrected chi connectivity index (χ0v) is 17.1. The Morgan fingerprint density at radius 3 is 2.77 bits per heavy atom. The first kappa shape index (κ1) is 20.1. The van der Waals surface area contributed by atoms with Crippen LogP contribution in [0.5, 0.6) is 5.75 Å². The van der Waals surface area contributed by atoms with E-state index in [4.69, 9.17) is 4.74 Å². The number of imidazole rings is 1. The molecule has 1 aliphatic rings. The van der Waals surface area contributed by atoms with Crippen LogP contribution >= 0.6 is 0 Å². The smallest absolute Gasteiger partial charge is 0.254 e. The van der Waals surface area contributed by atoms with Crippen LogP contribution in [-0.4, -0.2) is 40.1 Å². The fourth-order valence-electron chi connectivity index (χ4n) is 3.92. The van der Waals surface area contributed by atoms with Crippen molar-refractivity contribution in [3.63, 3.8) is 0 Å². The Morgan fingerprint density at radius 2 is 2.00 bits per heavy atom. The third-order valence-corrected chi connectivity index (χ3v) is 5.62. The standard InChI is InChI=1S/C24H26FN3O2/c1-18-26-12-14-27(18)16-20-6-2-3-7-23(20)24(29)28-13-4-5-19(15-28)17-30-22-10-8-21(25)9-11-22/h2-3,6-12,14,19H,4-5,13,15-17H2,1H3/t19-/m0/s1. The van der Waals surface area contributed by atoms with E-state index in [0.717, 1.165) is 36.3 Å². The maximum Gasteiger partial charge on any atom is 0.254 e. The van der Waals surface area contributed by atoms with Crippen LogP contribution in [0.4, 0.5) is 4.39 Å². The van der Waals surface area contributed by atoms with Crippen LogP contribution in [0.2, 0.25) is 0 Å². The van der Waals surface area contributed by atoms with E-state index in [1.54, 1.807) is 18.3 Å². The van der Waals surface area contributed by atoms with E-state index in [-0.39, 0.29) is 17.6 Å². The SMILES string of the molecule is Cc1nccn1Cc1ccccc1C(=O)N1CCC[C@H](COc2ccc(F)cc2)C1. The summed E-state index contributed by atoms with van der Waals surface area (Å²) in [5.74, 6) is 1.63. The Kier molecular flexibility index (Phi) is 6.12. The highest BCUT2D eigenvalue weighted by Crippen LogP contribution is 2.22. The van der Waals surface area contributed by atoms with Gasteiger partial charge in [-0.25, -0.2) is 9.37 Å². The molecule has 0 unspecified atom stereocenters. The molecular weight excluding hydrogens is 381 g/mol. The van der Waals surface area contributed by atoms with Gasteiger partial charge in [0.2, 0.25) is 0 Å². The van der Waals surface area contributed by atoms with Gasteiger partial charge in [0.05, 0.1) is 6.61 Å². The highest BCUT2D eigenvalue weighted by molar-refractivity contribution is 5.95. The molecule has 0 bridgehead atoms. The van der Waals surface area contributed by atoms with Gasteiger partial charge in [-0.15, -0.1) is 0 Å². The topological polar surface area (TPSA) is 47.4 Å². The minimum Gasteiger partial charge on any atom is -0.493 e. The summed E-state index contributed by atoms with van der Waals surface area (Å²) in [6.07, 6.45) is 5.67. The number of halogens is 1. The quantitative estimate of drug-likeness (QED) is 0.612. The summed E-state index contributed by atoms with van der Waals surface area (Å²) < 4.78 is 20.9. The highest BCUT2D eigenvalue weighted by Gasteiger charge is 2.26. The molecule has 6 heteroatoms. The minimum absolute atomic E-state index is 0.0647. The summed E-state index contributed by atoms with van der Waals surface area (Å²) in [7, 11) is 0. The monoisotopic (exact) mass is 407 g/mol. The van der Waals surface area contributed by atoms with Gasteiger partial charge < -0.3 is 14.2 Å². The Labute approximate surface area is 176 Å². The first-order chi connectivity index (χ1) is 14.6. The fourth-order valence-corrected chi connectivity index (χ4v) is 3.92. The molecule has 1 fully saturated rings. The van der Waals surface area contributed by atoms with E-state index < -0.39 is 0 Å². The average Bonchev–Trinajstić information content (AvgIpc) is 3.18. The third-order valence-electron chi connectivity index (χ3n) is 5.62. The van der Waals surface area contributed by atoms with Crippen LogP contribution in [0, 0.1) is 18.7 Å². The maximum absolute atomic E-state index is 13.3. The van der Waals surface area contributed by atoms with Crippen LogP contribution in [0.1, 0.15) is 34.6 Å². The van der Waals surface area contributed by atoms with Crippen LogP contribution in [0.3, 0.4) is 0 Å². The molecule has 2 aromatic carbocycles. The Hall–Kier alpha value is -3.15. The van der Waals surface area contributed by atoms with Gasteiger partial charge in [-0.1, -0.05) is 18.2 Å². The Morgan fingerprint density at radius 1 is 1.20 bits per heavy atom. The van der Waals surface area contributed by atoms with E-state index in [1.165, 1.54) is 12.1 Å². The lowest BCUT2D eigenvalue weighted by molar-refractivity contribution is 0.0632. The number of hydrogen-bond donors (Lipinski definition) is 0. The average molecular weight is 407 g/mol. The molecule has 0 spiro atoms. The highest BCUT2D eigenvalue weighted by atomic mass is 19.1. The number of ether oxygens (including phenoxy) is 1. The van der Waals surface area contributed by atoms with Crippen LogP contribution < -0.4 is 4.74 Å². The van der Waals surface area contributed by atoms with E-state index in [1.807, 2.05) is 46.9 Å². The predicted octanol–water partition coefficient (Wildman–Crippen LogP) is 4.31. The number of hydrogen-bond acceptors (Lipinski definition) is 3. The summed E-state index contributed by atoms with van der Waals surface area (Å²) in [4.78, 5) is 19.5. The van der Waals surface area contributed by atoms with Crippen molar-refractivity contribution in [1.82, 2.24) is 14.5 Å². The van der Waals surface area contributed by atoms with Crippen molar-refractivity contribution in [2.45, 2.75) is 26.3 Å². The van der Waals surface area contributed by atoms with Gasteiger partial charge in [0.25, 0.3) is 5.91 Å². The minimum atomic E-state index is -0.277. The number of rotatable bonds is 6. The number of piperidine rings is 1. The molecular formula is C24H26FN3O2. The lowest BCUT2D eigenvalue weighted by Crippen LogP contribution is -2.42. The molecule has 156 valence electrons. The van der Waals surface area contributed by atoms with Crippen LogP contribution in [-0.2, 0) is 6.54 Å². The molecule has 3 aromatic rings. The number of aromatic nitrogens is 2. The fraction of sp³-hybridized carbons (Fsp3) is 0.333. The summed E-state index contributed by atoms with van der Waals surface area (Å²) in [6.45, 7) is 4.52. The van der Waals surface area contributed by atoms with Gasteiger partial charge in [-0.05, 0) is 55.7 Å². The Bertz CT molecular complexity index is 1000. The molecule has 1 aromatic heterocycles. The van der Waals surface area contributed by atoms with Crippen molar-refractivity contribution in [2.75, 3.05) is 19.7 Å². The molecule has 2 heterocycles. The van der Waals surface area contributed by atoms with E-state index in [0.29, 0.717) is 25.4 Å². The van der Waals surface area contributed by atoms with Crippen molar-refractivity contribution in [3.05, 3.63) is 83.7 Å². The Balaban J connectivity index is 1.42. The second kappa shape index (κ2) is 9.11. The van der Waals surface area contributed by atoms with E-state index in [2.05, 4.69) is 4.98 Å². The molecule has 0 radical (unpaired) electrons. The first-order valence-electron chi connectivity index (χ1n) is 10.3. The first-order valence-corrected chi connectivity index (χ1v) is 10.3. The van der Waals surface area contributed by atoms with Crippen molar-refractivity contribution in [3.8, 4) is 5.75 Å². The van der Waals surface area contributed by atoms with Crippen LogP contribution in [0.15, 0.2) is 60.9 Å². The van der Waals surface area contributed by atoms with Gasteiger partial charge >= 0.3 is 0 Å². The number of aryl methyl sites for hydroxylation is 1. The molecule has 0 saturated carbocycles. The predicted molar refractivity (Wildman–Crippen MR) is 113 cm³/mol. The molecule has 1 amide bonds. The van der Waals surface area contributed by atoms with Crippen molar-refractivity contribution >= 4 is 5.91 Å². The second-order valence-electron chi connectivity index (χ2n) is 7.78.